The highest BCUT2D eigenvalue weighted by Gasteiger charge is 2.22. The maximum atomic E-state index is 12.6. The number of nitrogens with zero attached hydrogens (tertiary/aromatic N) is 3. The number of carbonyl (C=O) groups excluding carboxylic acids is 2. The molecule has 0 bridgehead atoms. The Morgan fingerprint density at radius 2 is 1.86 bits per heavy atom. The maximum absolute atomic E-state index is 12.6. The molecule has 2 aliphatic heterocycles. The maximum Gasteiger partial charge on any atom is 0.243 e. The molecule has 4 rings (SSSR count). The summed E-state index contributed by atoms with van der Waals surface area (Å²) < 4.78 is 16.6. The van der Waals surface area contributed by atoms with E-state index in [1.807, 2.05) is 42.5 Å². The number of carbonyl (C=O) groups is 2. The molecule has 2 aliphatic rings. The van der Waals surface area contributed by atoms with Crippen LogP contribution in [0.1, 0.15) is 43.7 Å². The highest BCUT2D eigenvalue weighted by molar-refractivity contribution is 6.04. The number of hydrogen-bond acceptors (Lipinski definition) is 7. The van der Waals surface area contributed by atoms with E-state index in [1.54, 1.807) is 7.11 Å². The zero-order valence-corrected chi connectivity index (χ0v) is 21.7. The van der Waals surface area contributed by atoms with Crippen LogP contribution in [0.15, 0.2) is 47.6 Å². The molecule has 0 unspecified atom stereocenters. The van der Waals surface area contributed by atoms with Crippen molar-refractivity contribution in [2.75, 3.05) is 51.9 Å². The Hall–Kier alpha value is -3.43. The first-order valence-electron chi connectivity index (χ1n) is 12.9. The van der Waals surface area contributed by atoms with Gasteiger partial charge < -0.3 is 19.5 Å². The van der Waals surface area contributed by atoms with Gasteiger partial charge in [-0.15, -0.1) is 0 Å². The van der Waals surface area contributed by atoms with E-state index < -0.39 is 0 Å². The number of anilines is 1. The second-order valence-electron chi connectivity index (χ2n) is 9.16. The molecule has 0 spiro atoms. The number of nitrogens with one attached hydrogen (secondary N) is 1. The number of hydrazone groups is 1. The summed E-state index contributed by atoms with van der Waals surface area (Å²) in [6.45, 7) is 6.93. The van der Waals surface area contributed by atoms with Crippen LogP contribution in [0.2, 0.25) is 0 Å². The number of amides is 2. The molecule has 198 valence electrons. The van der Waals surface area contributed by atoms with Crippen molar-refractivity contribution in [3.8, 4) is 11.5 Å². The molecule has 2 heterocycles. The summed E-state index contributed by atoms with van der Waals surface area (Å²) in [6.07, 6.45) is 2.31. The normalized spacial score (nSPS) is 16.3. The number of methoxy groups -OCH3 is 1. The number of ether oxygens (including phenoxy) is 3. The summed E-state index contributed by atoms with van der Waals surface area (Å²) >= 11 is 0. The SMILES string of the molecule is CCCOc1cc(C2=NN(Cc3ccc(NC(=O)CCN4CCOCC4)cc3)C(=O)CC2)ccc1OC. The fraction of sp³-hybridized carbons (Fsp3) is 0.464. The summed E-state index contributed by atoms with van der Waals surface area (Å²) in [6, 6.07) is 13.3. The Kier molecular flexibility index (Phi) is 9.51. The van der Waals surface area contributed by atoms with E-state index in [9.17, 15) is 9.59 Å². The second kappa shape index (κ2) is 13.2. The van der Waals surface area contributed by atoms with Gasteiger partial charge >= 0.3 is 0 Å². The average Bonchev–Trinajstić information content (AvgIpc) is 2.93. The summed E-state index contributed by atoms with van der Waals surface area (Å²) in [5.41, 5.74) is 3.43. The van der Waals surface area contributed by atoms with Crippen LogP contribution >= 0.6 is 0 Å². The molecular weight excluding hydrogens is 472 g/mol. The van der Waals surface area contributed by atoms with Crippen LogP contribution in [0.25, 0.3) is 0 Å². The lowest BCUT2D eigenvalue weighted by atomic mass is 10.0. The number of morpholine rings is 1. The van der Waals surface area contributed by atoms with E-state index in [0.717, 1.165) is 61.8 Å². The van der Waals surface area contributed by atoms with Gasteiger partial charge in [-0.1, -0.05) is 19.1 Å². The number of rotatable bonds is 11. The number of hydrogen-bond donors (Lipinski definition) is 1. The van der Waals surface area contributed by atoms with Gasteiger partial charge in [-0.3, -0.25) is 14.5 Å². The van der Waals surface area contributed by atoms with Crippen molar-refractivity contribution < 1.29 is 23.8 Å². The molecule has 2 aromatic carbocycles. The van der Waals surface area contributed by atoms with Crippen LogP contribution in [0.3, 0.4) is 0 Å². The van der Waals surface area contributed by atoms with Crippen molar-refractivity contribution in [3.05, 3.63) is 53.6 Å². The summed E-state index contributed by atoms with van der Waals surface area (Å²) in [4.78, 5) is 27.2. The van der Waals surface area contributed by atoms with Gasteiger partial charge in [0.25, 0.3) is 0 Å². The molecular formula is C28H36N4O5. The third-order valence-electron chi connectivity index (χ3n) is 6.39. The van der Waals surface area contributed by atoms with Crippen LogP contribution in [0.4, 0.5) is 5.69 Å². The molecule has 1 N–H and O–H groups in total. The van der Waals surface area contributed by atoms with Crippen molar-refractivity contribution in [1.82, 2.24) is 9.91 Å². The summed E-state index contributed by atoms with van der Waals surface area (Å²) in [5, 5.41) is 9.14. The van der Waals surface area contributed by atoms with Crippen molar-refractivity contribution in [1.29, 1.82) is 0 Å². The van der Waals surface area contributed by atoms with Gasteiger partial charge in [0.2, 0.25) is 11.8 Å². The molecule has 0 atom stereocenters. The Morgan fingerprint density at radius 3 is 2.59 bits per heavy atom. The van der Waals surface area contributed by atoms with Gasteiger partial charge in [0.05, 0.1) is 39.2 Å². The van der Waals surface area contributed by atoms with Crippen molar-refractivity contribution in [2.24, 2.45) is 5.10 Å². The largest absolute Gasteiger partial charge is 0.493 e. The fourth-order valence-electron chi connectivity index (χ4n) is 4.29. The summed E-state index contributed by atoms with van der Waals surface area (Å²) in [7, 11) is 1.62. The average molecular weight is 509 g/mol. The lowest BCUT2D eigenvalue weighted by Gasteiger charge is -2.26. The van der Waals surface area contributed by atoms with Crippen molar-refractivity contribution in [2.45, 2.75) is 39.2 Å². The highest BCUT2D eigenvalue weighted by Crippen LogP contribution is 2.30. The minimum absolute atomic E-state index is 0.0125. The van der Waals surface area contributed by atoms with E-state index in [0.29, 0.717) is 43.9 Å². The molecule has 0 saturated carbocycles. The standard InChI is InChI=1S/C28H36N4O5/c1-3-16-37-26-19-22(6-10-25(26)35-2)24-9-11-28(34)32(30-24)20-21-4-7-23(8-5-21)29-27(33)12-13-31-14-17-36-18-15-31/h4-8,10,19H,3,9,11-18,20H2,1-2H3,(H,29,33). The minimum Gasteiger partial charge on any atom is -0.493 e. The predicted octanol–water partition coefficient (Wildman–Crippen LogP) is 3.67. The van der Waals surface area contributed by atoms with E-state index >= 15 is 0 Å². The Morgan fingerprint density at radius 1 is 1.08 bits per heavy atom. The zero-order valence-electron chi connectivity index (χ0n) is 21.7. The van der Waals surface area contributed by atoms with Crippen molar-refractivity contribution >= 4 is 23.2 Å². The lowest BCUT2D eigenvalue weighted by Crippen LogP contribution is -2.38. The van der Waals surface area contributed by atoms with Crippen LogP contribution < -0.4 is 14.8 Å². The Balaban J connectivity index is 1.36. The molecule has 2 aromatic rings. The third-order valence-corrected chi connectivity index (χ3v) is 6.39. The van der Waals surface area contributed by atoms with Crippen molar-refractivity contribution in [3.63, 3.8) is 0 Å². The third kappa shape index (κ3) is 7.53. The predicted molar refractivity (Wildman–Crippen MR) is 142 cm³/mol. The van der Waals surface area contributed by atoms with Crippen LogP contribution in [-0.2, 0) is 20.9 Å². The van der Waals surface area contributed by atoms with Crippen LogP contribution in [0, 0.1) is 0 Å². The quantitative estimate of drug-likeness (QED) is 0.498. The first kappa shape index (κ1) is 26.6. The van der Waals surface area contributed by atoms with Crippen LogP contribution in [0.5, 0.6) is 11.5 Å². The molecule has 37 heavy (non-hydrogen) atoms. The van der Waals surface area contributed by atoms with E-state index in [-0.39, 0.29) is 11.8 Å². The zero-order chi connectivity index (χ0) is 26.0. The van der Waals surface area contributed by atoms with E-state index in [2.05, 4.69) is 22.2 Å². The Bertz CT molecular complexity index is 1100. The van der Waals surface area contributed by atoms with Gasteiger partial charge in [-0.2, -0.15) is 5.10 Å². The molecule has 9 nitrogen and oxygen atoms in total. The smallest absolute Gasteiger partial charge is 0.243 e. The van der Waals surface area contributed by atoms with Gasteiger partial charge in [0, 0.05) is 50.1 Å². The topological polar surface area (TPSA) is 92.7 Å². The second-order valence-corrected chi connectivity index (χ2v) is 9.16. The molecule has 2 amide bonds. The fourth-order valence-corrected chi connectivity index (χ4v) is 4.29. The van der Waals surface area contributed by atoms with E-state index in [1.165, 1.54) is 5.01 Å². The molecule has 0 aromatic heterocycles. The summed E-state index contributed by atoms with van der Waals surface area (Å²) in [5.74, 6) is 1.33. The molecule has 1 fully saturated rings. The molecule has 0 radical (unpaired) electrons. The van der Waals surface area contributed by atoms with Gasteiger partial charge in [-0.25, -0.2) is 5.01 Å². The minimum atomic E-state index is -0.0137. The first-order chi connectivity index (χ1) is 18.1. The number of benzene rings is 2. The highest BCUT2D eigenvalue weighted by atomic mass is 16.5. The van der Waals surface area contributed by atoms with Gasteiger partial charge in [0.15, 0.2) is 11.5 Å². The lowest BCUT2D eigenvalue weighted by molar-refractivity contribution is -0.132. The molecule has 0 aliphatic carbocycles. The first-order valence-corrected chi connectivity index (χ1v) is 12.9. The Labute approximate surface area is 218 Å². The van der Waals surface area contributed by atoms with E-state index in [4.69, 9.17) is 14.2 Å². The van der Waals surface area contributed by atoms with Gasteiger partial charge in [-0.05, 0) is 42.3 Å². The monoisotopic (exact) mass is 508 g/mol. The van der Waals surface area contributed by atoms with Crippen LogP contribution in [-0.4, -0.2) is 74.0 Å². The molecule has 1 saturated heterocycles. The van der Waals surface area contributed by atoms with Gasteiger partial charge in [0.1, 0.15) is 0 Å². The molecule has 9 heteroatoms.